The highest BCUT2D eigenvalue weighted by atomic mass is 16.6. The van der Waals surface area contributed by atoms with Crippen LogP contribution in [0.5, 0.6) is 0 Å². The van der Waals surface area contributed by atoms with Crippen LogP contribution < -0.4 is 0 Å². The Bertz CT molecular complexity index is 1070. The average Bonchev–Trinajstić information content (AvgIpc) is 3.21. The maximum absolute atomic E-state index is 13.2. The largest absolute Gasteiger partial charge is 0.321 e. The van der Waals surface area contributed by atoms with Gasteiger partial charge in [0.25, 0.3) is 11.6 Å². The van der Waals surface area contributed by atoms with Gasteiger partial charge in [0.2, 0.25) is 0 Å². The lowest BCUT2D eigenvalue weighted by Crippen LogP contribution is -2.44. The van der Waals surface area contributed by atoms with Crippen LogP contribution in [0.2, 0.25) is 0 Å². The number of nitro groups is 1. The summed E-state index contributed by atoms with van der Waals surface area (Å²) < 4.78 is 0. The quantitative estimate of drug-likeness (QED) is 0.544. The Hall–Kier alpha value is -3.48. The second-order valence-corrected chi connectivity index (χ2v) is 7.83. The van der Waals surface area contributed by atoms with Gasteiger partial charge in [-0.15, -0.1) is 0 Å². The summed E-state index contributed by atoms with van der Waals surface area (Å²) in [6.07, 6.45) is 0. The van der Waals surface area contributed by atoms with Crippen molar-refractivity contribution in [2.75, 3.05) is 0 Å². The first-order valence-corrected chi connectivity index (χ1v) is 9.00. The summed E-state index contributed by atoms with van der Waals surface area (Å²) in [4.78, 5) is 25.9. The number of carbonyl (C=O) groups excluding carboxylic acids is 1. The molecular weight excluding hydrogens is 356 g/mol. The van der Waals surface area contributed by atoms with Crippen LogP contribution in [0.3, 0.4) is 0 Å². The number of rotatable bonds is 3. The zero-order valence-corrected chi connectivity index (χ0v) is 15.8. The summed E-state index contributed by atoms with van der Waals surface area (Å²) in [6, 6.07) is 15.6. The molecule has 2 heterocycles. The van der Waals surface area contributed by atoms with Gasteiger partial charge in [-0.25, -0.2) is 0 Å². The van der Waals surface area contributed by atoms with Crippen LogP contribution in [0.25, 0.3) is 11.3 Å². The molecule has 2 aromatic carbocycles. The highest BCUT2D eigenvalue weighted by molar-refractivity contribution is 6.00. The van der Waals surface area contributed by atoms with E-state index in [-0.39, 0.29) is 11.6 Å². The number of nitro benzene ring substituents is 1. The van der Waals surface area contributed by atoms with Crippen molar-refractivity contribution < 1.29 is 9.72 Å². The number of aromatic nitrogens is 2. The van der Waals surface area contributed by atoms with Crippen molar-refractivity contribution in [2.24, 2.45) is 0 Å². The van der Waals surface area contributed by atoms with Crippen molar-refractivity contribution >= 4 is 11.6 Å². The van der Waals surface area contributed by atoms with Gasteiger partial charge in [-0.05, 0) is 26.3 Å². The zero-order chi connectivity index (χ0) is 20.1. The van der Waals surface area contributed by atoms with Gasteiger partial charge in [-0.3, -0.25) is 20.0 Å². The Morgan fingerprint density at radius 1 is 1.11 bits per heavy atom. The molecule has 7 nitrogen and oxygen atoms in total. The smallest absolute Gasteiger partial charge is 0.273 e. The molecular formula is C21H20N4O3. The molecule has 0 bridgehead atoms. The Kier molecular flexibility index (Phi) is 4.03. The van der Waals surface area contributed by atoms with Crippen molar-refractivity contribution in [1.29, 1.82) is 0 Å². The molecule has 4 rings (SSSR count). The number of nitrogens with one attached hydrogen (secondary N) is 1. The Balaban J connectivity index is 1.96. The monoisotopic (exact) mass is 376 g/mol. The third-order valence-corrected chi connectivity index (χ3v) is 4.93. The predicted octanol–water partition coefficient (Wildman–Crippen LogP) is 4.33. The second-order valence-electron chi connectivity index (χ2n) is 7.83. The fourth-order valence-corrected chi connectivity index (χ4v) is 3.78. The van der Waals surface area contributed by atoms with Gasteiger partial charge in [0.05, 0.1) is 16.7 Å². The van der Waals surface area contributed by atoms with Crippen LogP contribution in [0.15, 0.2) is 54.6 Å². The van der Waals surface area contributed by atoms with E-state index >= 15 is 0 Å². The van der Waals surface area contributed by atoms with Gasteiger partial charge in [-0.2, -0.15) is 5.10 Å². The highest BCUT2D eigenvalue weighted by Crippen LogP contribution is 2.46. The minimum Gasteiger partial charge on any atom is -0.321 e. The van der Waals surface area contributed by atoms with Crippen LogP contribution in [0, 0.1) is 10.1 Å². The van der Waals surface area contributed by atoms with E-state index in [0.717, 1.165) is 11.1 Å². The molecule has 28 heavy (non-hydrogen) atoms. The van der Waals surface area contributed by atoms with Gasteiger partial charge in [-0.1, -0.05) is 42.5 Å². The minimum atomic E-state index is -0.486. The number of hydrogen-bond acceptors (Lipinski definition) is 4. The predicted molar refractivity (Wildman–Crippen MR) is 105 cm³/mol. The van der Waals surface area contributed by atoms with Crippen molar-refractivity contribution in [3.05, 3.63) is 81.5 Å². The third-order valence-electron chi connectivity index (χ3n) is 4.93. The number of amides is 1. The molecule has 142 valence electrons. The van der Waals surface area contributed by atoms with Crippen LogP contribution >= 0.6 is 0 Å². The van der Waals surface area contributed by atoms with Crippen LogP contribution in [0.4, 0.5) is 5.69 Å². The van der Waals surface area contributed by atoms with E-state index in [9.17, 15) is 14.9 Å². The Morgan fingerprint density at radius 3 is 2.46 bits per heavy atom. The summed E-state index contributed by atoms with van der Waals surface area (Å²) in [5.41, 5.74) is 2.97. The second kappa shape index (κ2) is 6.30. The summed E-state index contributed by atoms with van der Waals surface area (Å²) in [7, 11) is 0. The number of benzene rings is 2. The molecule has 1 aliphatic heterocycles. The lowest BCUT2D eigenvalue weighted by molar-refractivity contribution is -0.384. The number of carbonyl (C=O) groups is 1. The molecule has 0 aliphatic carbocycles. The summed E-state index contributed by atoms with van der Waals surface area (Å²) in [6.45, 7) is 5.87. The lowest BCUT2D eigenvalue weighted by Gasteiger charge is -2.37. The van der Waals surface area contributed by atoms with Gasteiger partial charge >= 0.3 is 0 Å². The van der Waals surface area contributed by atoms with E-state index in [4.69, 9.17) is 0 Å². The van der Waals surface area contributed by atoms with E-state index in [1.807, 2.05) is 57.2 Å². The maximum atomic E-state index is 13.2. The maximum Gasteiger partial charge on any atom is 0.273 e. The fraction of sp³-hybridized carbons (Fsp3) is 0.238. The van der Waals surface area contributed by atoms with Gasteiger partial charge < -0.3 is 4.90 Å². The summed E-state index contributed by atoms with van der Waals surface area (Å²) in [5.74, 6) is -0.159. The molecule has 0 fully saturated rings. The first kappa shape index (κ1) is 17.9. The highest BCUT2D eigenvalue weighted by Gasteiger charge is 2.46. The number of H-pyrrole nitrogens is 1. The van der Waals surface area contributed by atoms with Crippen molar-refractivity contribution in [3.63, 3.8) is 0 Å². The molecule has 3 aromatic rings. The molecule has 0 spiro atoms. The van der Waals surface area contributed by atoms with E-state index in [1.165, 1.54) is 12.1 Å². The van der Waals surface area contributed by atoms with E-state index in [0.29, 0.717) is 17.0 Å². The third kappa shape index (κ3) is 2.76. The van der Waals surface area contributed by atoms with Gasteiger partial charge in [0.15, 0.2) is 0 Å². The summed E-state index contributed by atoms with van der Waals surface area (Å²) in [5, 5.41) is 18.6. The number of fused-ring (bicyclic) bond motifs is 1. The first-order valence-electron chi connectivity index (χ1n) is 9.00. The van der Waals surface area contributed by atoms with Crippen molar-refractivity contribution in [1.82, 2.24) is 15.1 Å². The molecule has 0 saturated carbocycles. The zero-order valence-electron chi connectivity index (χ0n) is 15.8. The Morgan fingerprint density at radius 2 is 1.82 bits per heavy atom. The Labute approximate surface area is 162 Å². The van der Waals surface area contributed by atoms with E-state index in [2.05, 4.69) is 10.2 Å². The molecule has 1 aromatic heterocycles. The number of nitrogens with zero attached hydrogens (tertiary/aromatic N) is 3. The van der Waals surface area contributed by atoms with Crippen LogP contribution in [-0.2, 0) is 0 Å². The van der Waals surface area contributed by atoms with E-state index in [1.54, 1.807) is 11.0 Å². The fourth-order valence-electron chi connectivity index (χ4n) is 3.78. The van der Waals surface area contributed by atoms with Gasteiger partial charge in [0.1, 0.15) is 5.69 Å². The molecule has 1 aliphatic rings. The molecule has 7 heteroatoms. The van der Waals surface area contributed by atoms with E-state index < -0.39 is 16.5 Å². The number of non-ortho nitro benzene ring substituents is 1. The molecule has 0 radical (unpaired) electrons. The summed E-state index contributed by atoms with van der Waals surface area (Å²) >= 11 is 0. The average molecular weight is 376 g/mol. The molecule has 1 amide bonds. The van der Waals surface area contributed by atoms with Crippen LogP contribution in [0.1, 0.15) is 48.4 Å². The standard InChI is InChI=1S/C21H20N4O3/c1-21(2,3)24-19(14-10-7-11-15(12-14)25(27)28)16-17(13-8-5-4-6-9-13)22-23-18(16)20(24)26/h4-12,19H,1-3H3,(H,22,23). The van der Waals surface area contributed by atoms with Gasteiger partial charge in [0, 0.05) is 28.8 Å². The van der Waals surface area contributed by atoms with Crippen LogP contribution in [-0.4, -0.2) is 31.5 Å². The molecule has 1 N–H and O–H groups in total. The number of hydrogen-bond donors (Lipinski definition) is 1. The number of aromatic amines is 1. The molecule has 1 unspecified atom stereocenters. The normalized spacial score (nSPS) is 16.3. The molecule has 0 saturated heterocycles. The first-order chi connectivity index (χ1) is 13.3. The molecule has 1 atom stereocenters. The minimum absolute atomic E-state index is 0.00276. The lowest BCUT2D eigenvalue weighted by atomic mass is 9.93. The van der Waals surface area contributed by atoms with Crippen molar-refractivity contribution in [2.45, 2.75) is 32.4 Å². The van der Waals surface area contributed by atoms with Crippen molar-refractivity contribution in [3.8, 4) is 11.3 Å². The topological polar surface area (TPSA) is 92.1 Å². The SMILES string of the molecule is CC(C)(C)N1C(=O)c2[nH]nc(-c3ccccc3)c2C1c1cccc([N+](=O)[O-])c1.